The number of anilines is 1. The van der Waals surface area contributed by atoms with E-state index < -0.39 is 15.6 Å². The molecule has 21 heavy (non-hydrogen) atoms. The minimum absolute atomic E-state index is 0.0138. The van der Waals surface area contributed by atoms with E-state index in [0.717, 1.165) is 25.7 Å². The molecule has 0 amide bonds. The van der Waals surface area contributed by atoms with Crippen LogP contribution in [0.3, 0.4) is 0 Å². The average Bonchev–Trinajstić information content (AvgIpc) is 2.41. The fourth-order valence-electron chi connectivity index (χ4n) is 2.88. The average molecular weight is 317 g/mol. The predicted octanol–water partition coefficient (Wildman–Crippen LogP) is 4.06. The van der Waals surface area contributed by atoms with Crippen LogP contribution >= 0.6 is 0 Å². The minimum atomic E-state index is -4.59. The molecule has 1 aromatic carbocycles. The standard InChI is InChI=1S/C15H21F2NO2S/c1-15(2)10-6-5-9-13(15)18-11-7-3-4-8-12(11)21(19,20)14(16)17/h3-4,7-8,13-14,18H,5-6,9-10H2,1-2H3. The Bertz CT molecular complexity index is 599. The van der Waals surface area contributed by atoms with Crippen LogP contribution in [0.15, 0.2) is 29.2 Å². The molecular formula is C15H21F2NO2S. The Balaban J connectivity index is 2.33. The molecule has 0 spiro atoms. The summed E-state index contributed by atoms with van der Waals surface area (Å²) in [6, 6.07) is 6.00. The van der Waals surface area contributed by atoms with Gasteiger partial charge in [0.1, 0.15) is 0 Å². The summed E-state index contributed by atoms with van der Waals surface area (Å²) in [6.07, 6.45) is 4.15. The zero-order chi connectivity index (χ0) is 15.7. The second-order valence-corrected chi connectivity index (χ2v) is 8.12. The van der Waals surface area contributed by atoms with E-state index in [0.29, 0.717) is 0 Å². The van der Waals surface area contributed by atoms with Gasteiger partial charge in [-0.3, -0.25) is 0 Å². The van der Waals surface area contributed by atoms with Gasteiger partial charge in [-0.05, 0) is 30.4 Å². The van der Waals surface area contributed by atoms with Crippen molar-refractivity contribution < 1.29 is 17.2 Å². The monoisotopic (exact) mass is 317 g/mol. The Morgan fingerprint density at radius 3 is 2.52 bits per heavy atom. The van der Waals surface area contributed by atoms with Gasteiger partial charge in [-0.2, -0.15) is 8.78 Å². The van der Waals surface area contributed by atoms with Crippen LogP contribution in [0.25, 0.3) is 0 Å². The number of alkyl halides is 2. The van der Waals surface area contributed by atoms with Crippen LogP contribution < -0.4 is 5.32 Å². The van der Waals surface area contributed by atoms with Crippen molar-refractivity contribution >= 4 is 15.5 Å². The lowest BCUT2D eigenvalue weighted by Crippen LogP contribution is -2.39. The van der Waals surface area contributed by atoms with Gasteiger partial charge in [0.15, 0.2) is 0 Å². The SMILES string of the molecule is CC1(C)CCCCC1Nc1ccccc1S(=O)(=O)C(F)F. The van der Waals surface area contributed by atoms with Crippen LogP contribution in [0, 0.1) is 5.41 Å². The molecule has 0 radical (unpaired) electrons. The highest BCUT2D eigenvalue weighted by atomic mass is 32.2. The molecule has 1 atom stereocenters. The molecule has 118 valence electrons. The summed E-state index contributed by atoms with van der Waals surface area (Å²) in [5, 5.41) is 3.19. The maximum absolute atomic E-state index is 12.8. The molecule has 1 saturated carbocycles. The number of sulfone groups is 1. The summed E-state index contributed by atoms with van der Waals surface area (Å²) in [7, 11) is -4.59. The van der Waals surface area contributed by atoms with Gasteiger partial charge in [0.25, 0.3) is 0 Å². The normalized spacial score (nSPS) is 22.2. The van der Waals surface area contributed by atoms with E-state index in [2.05, 4.69) is 19.2 Å². The molecule has 1 aliphatic carbocycles. The number of hydrogen-bond donors (Lipinski definition) is 1. The van der Waals surface area contributed by atoms with E-state index in [1.807, 2.05) is 0 Å². The van der Waals surface area contributed by atoms with Crippen LogP contribution in [0.4, 0.5) is 14.5 Å². The van der Waals surface area contributed by atoms with E-state index in [4.69, 9.17) is 0 Å². The van der Waals surface area contributed by atoms with Gasteiger partial charge < -0.3 is 5.32 Å². The molecule has 0 bridgehead atoms. The van der Waals surface area contributed by atoms with Crippen molar-refractivity contribution in [2.24, 2.45) is 5.41 Å². The third kappa shape index (κ3) is 3.36. The lowest BCUT2D eigenvalue weighted by atomic mass is 9.73. The Morgan fingerprint density at radius 1 is 1.24 bits per heavy atom. The van der Waals surface area contributed by atoms with Gasteiger partial charge in [-0.1, -0.05) is 38.8 Å². The first-order valence-electron chi connectivity index (χ1n) is 7.13. The zero-order valence-corrected chi connectivity index (χ0v) is 13.1. The first kappa shape index (κ1) is 16.2. The Morgan fingerprint density at radius 2 is 1.90 bits per heavy atom. The highest BCUT2D eigenvalue weighted by molar-refractivity contribution is 7.91. The lowest BCUT2D eigenvalue weighted by molar-refractivity contribution is 0.216. The highest BCUT2D eigenvalue weighted by Crippen LogP contribution is 2.38. The number of benzene rings is 1. The van der Waals surface area contributed by atoms with Crippen molar-refractivity contribution in [2.75, 3.05) is 5.32 Å². The molecule has 2 rings (SSSR count). The molecular weight excluding hydrogens is 296 g/mol. The van der Waals surface area contributed by atoms with E-state index in [-0.39, 0.29) is 22.0 Å². The smallest absolute Gasteiger partial charge is 0.341 e. The number of rotatable bonds is 4. The maximum Gasteiger partial charge on any atom is 0.341 e. The molecule has 1 N–H and O–H groups in total. The lowest BCUT2D eigenvalue weighted by Gasteiger charge is -2.40. The molecule has 1 fully saturated rings. The van der Waals surface area contributed by atoms with Crippen LogP contribution in [-0.4, -0.2) is 20.2 Å². The van der Waals surface area contributed by atoms with E-state index in [1.54, 1.807) is 12.1 Å². The molecule has 3 nitrogen and oxygen atoms in total. The summed E-state index contributed by atoms with van der Waals surface area (Å²) in [6.45, 7) is 4.24. The summed E-state index contributed by atoms with van der Waals surface area (Å²) in [4.78, 5) is -0.318. The first-order valence-corrected chi connectivity index (χ1v) is 8.67. The van der Waals surface area contributed by atoms with Crippen LogP contribution in [-0.2, 0) is 9.84 Å². The van der Waals surface area contributed by atoms with E-state index in [9.17, 15) is 17.2 Å². The maximum atomic E-state index is 12.8. The number of nitrogens with one attached hydrogen (secondary N) is 1. The quantitative estimate of drug-likeness (QED) is 0.911. The second-order valence-electron chi connectivity index (χ2n) is 6.23. The van der Waals surface area contributed by atoms with Crippen molar-refractivity contribution in [3.63, 3.8) is 0 Å². The summed E-state index contributed by atoms with van der Waals surface area (Å²) in [5.74, 6) is -3.40. The third-order valence-corrected chi connectivity index (χ3v) is 5.70. The summed E-state index contributed by atoms with van der Waals surface area (Å²) < 4.78 is 49.1. The van der Waals surface area contributed by atoms with Gasteiger partial charge in [-0.15, -0.1) is 0 Å². The second kappa shape index (κ2) is 5.91. The zero-order valence-electron chi connectivity index (χ0n) is 12.3. The van der Waals surface area contributed by atoms with E-state index >= 15 is 0 Å². The number of para-hydroxylation sites is 1. The number of halogens is 2. The van der Waals surface area contributed by atoms with Gasteiger partial charge >= 0.3 is 5.76 Å². The molecule has 1 aliphatic rings. The molecule has 0 aromatic heterocycles. The molecule has 6 heteroatoms. The largest absolute Gasteiger partial charge is 0.381 e. The third-order valence-electron chi connectivity index (χ3n) is 4.27. The van der Waals surface area contributed by atoms with E-state index in [1.165, 1.54) is 12.1 Å². The fraction of sp³-hybridized carbons (Fsp3) is 0.600. The Kier molecular flexibility index (Phi) is 4.56. The van der Waals surface area contributed by atoms with Gasteiger partial charge in [0.05, 0.1) is 10.6 Å². The van der Waals surface area contributed by atoms with Crippen molar-refractivity contribution in [2.45, 2.75) is 56.2 Å². The van der Waals surface area contributed by atoms with Crippen molar-refractivity contribution in [1.82, 2.24) is 0 Å². The minimum Gasteiger partial charge on any atom is -0.381 e. The van der Waals surface area contributed by atoms with Crippen molar-refractivity contribution in [3.05, 3.63) is 24.3 Å². The van der Waals surface area contributed by atoms with Gasteiger partial charge in [-0.25, -0.2) is 8.42 Å². The van der Waals surface area contributed by atoms with Gasteiger partial charge in [0, 0.05) is 6.04 Å². The van der Waals surface area contributed by atoms with Crippen LogP contribution in [0.5, 0.6) is 0 Å². The number of hydrogen-bond acceptors (Lipinski definition) is 3. The van der Waals surface area contributed by atoms with Crippen LogP contribution in [0.2, 0.25) is 0 Å². The fourth-order valence-corrected chi connectivity index (χ4v) is 3.77. The molecule has 0 aliphatic heterocycles. The molecule has 0 heterocycles. The molecule has 1 aromatic rings. The molecule has 1 unspecified atom stereocenters. The molecule has 0 saturated heterocycles. The highest BCUT2D eigenvalue weighted by Gasteiger charge is 2.34. The topological polar surface area (TPSA) is 46.2 Å². The predicted molar refractivity (Wildman–Crippen MR) is 79.3 cm³/mol. The summed E-state index contributed by atoms with van der Waals surface area (Å²) in [5.41, 5.74) is 0.290. The van der Waals surface area contributed by atoms with Crippen molar-refractivity contribution in [1.29, 1.82) is 0 Å². The first-order chi connectivity index (χ1) is 9.75. The Labute approximate surface area is 124 Å². The van der Waals surface area contributed by atoms with Gasteiger partial charge in [0.2, 0.25) is 9.84 Å². The Hall–Kier alpha value is -1.17. The van der Waals surface area contributed by atoms with Crippen molar-refractivity contribution in [3.8, 4) is 0 Å². The summed E-state index contributed by atoms with van der Waals surface area (Å²) >= 11 is 0. The van der Waals surface area contributed by atoms with Crippen LogP contribution in [0.1, 0.15) is 39.5 Å².